The van der Waals surface area contributed by atoms with Crippen LogP contribution in [0.5, 0.6) is 0 Å². The van der Waals surface area contributed by atoms with Crippen molar-refractivity contribution in [3.8, 4) is 6.07 Å². The van der Waals surface area contributed by atoms with Crippen molar-refractivity contribution >= 4 is 5.69 Å². The Labute approximate surface area is 127 Å². The summed E-state index contributed by atoms with van der Waals surface area (Å²) in [4.78, 5) is 2.27. The standard InChI is InChI=1S/C17H25N3O/c1-4-16-12-20(7-8-21-16)17-6-5-14(9-15(17)10-18)11-19-13(2)3/h5-6,9,13,16,19H,4,7-8,11-12H2,1-3H3. The molecule has 0 saturated carbocycles. The normalized spacial score (nSPS) is 18.8. The van der Waals surface area contributed by atoms with E-state index in [1.807, 2.05) is 6.07 Å². The van der Waals surface area contributed by atoms with E-state index in [4.69, 9.17) is 4.74 Å². The predicted molar refractivity (Wildman–Crippen MR) is 85.4 cm³/mol. The van der Waals surface area contributed by atoms with Gasteiger partial charge < -0.3 is 15.0 Å². The number of morpholine rings is 1. The van der Waals surface area contributed by atoms with Crippen molar-refractivity contribution < 1.29 is 4.74 Å². The van der Waals surface area contributed by atoms with Crippen LogP contribution in [0.2, 0.25) is 0 Å². The van der Waals surface area contributed by atoms with Crippen LogP contribution in [0, 0.1) is 11.3 Å². The van der Waals surface area contributed by atoms with Crippen molar-refractivity contribution in [3.63, 3.8) is 0 Å². The molecule has 0 bridgehead atoms. The van der Waals surface area contributed by atoms with Gasteiger partial charge in [0.05, 0.1) is 24.0 Å². The molecule has 0 radical (unpaired) electrons. The molecule has 4 nitrogen and oxygen atoms in total. The van der Waals surface area contributed by atoms with Crippen LogP contribution in [-0.2, 0) is 11.3 Å². The second kappa shape index (κ2) is 7.44. The first kappa shape index (κ1) is 15.8. The lowest BCUT2D eigenvalue weighted by molar-refractivity contribution is 0.0384. The number of nitriles is 1. The number of hydrogen-bond donors (Lipinski definition) is 1. The smallest absolute Gasteiger partial charge is 0.101 e. The van der Waals surface area contributed by atoms with Crippen LogP contribution in [0.1, 0.15) is 38.3 Å². The van der Waals surface area contributed by atoms with Crippen molar-refractivity contribution in [2.75, 3.05) is 24.6 Å². The fourth-order valence-corrected chi connectivity index (χ4v) is 2.57. The van der Waals surface area contributed by atoms with E-state index in [0.29, 0.717) is 6.04 Å². The molecule has 1 aromatic rings. The summed E-state index contributed by atoms with van der Waals surface area (Å²) in [6.07, 6.45) is 1.28. The predicted octanol–water partition coefficient (Wildman–Crippen LogP) is 2.67. The summed E-state index contributed by atoms with van der Waals surface area (Å²) in [5.41, 5.74) is 2.95. The average molecular weight is 287 g/mol. The van der Waals surface area contributed by atoms with E-state index in [1.54, 1.807) is 0 Å². The maximum absolute atomic E-state index is 9.45. The molecule has 1 N–H and O–H groups in total. The second-order valence-corrected chi connectivity index (χ2v) is 5.85. The van der Waals surface area contributed by atoms with Gasteiger partial charge in [0.25, 0.3) is 0 Å². The van der Waals surface area contributed by atoms with Gasteiger partial charge in [0.15, 0.2) is 0 Å². The Balaban J connectivity index is 2.14. The molecular weight excluding hydrogens is 262 g/mol. The van der Waals surface area contributed by atoms with Gasteiger partial charge in [0, 0.05) is 25.7 Å². The van der Waals surface area contributed by atoms with E-state index in [9.17, 15) is 5.26 Å². The van der Waals surface area contributed by atoms with Crippen molar-refractivity contribution in [2.45, 2.75) is 45.9 Å². The first-order valence-electron chi connectivity index (χ1n) is 7.77. The van der Waals surface area contributed by atoms with Crippen molar-refractivity contribution in [3.05, 3.63) is 29.3 Å². The Hall–Kier alpha value is -1.57. The average Bonchev–Trinajstić information content (AvgIpc) is 2.52. The monoisotopic (exact) mass is 287 g/mol. The zero-order valence-corrected chi connectivity index (χ0v) is 13.2. The highest BCUT2D eigenvalue weighted by molar-refractivity contribution is 5.60. The van der Waals surface area contributed by atoms with Crippen molar-refractivity contribution in [2.24, 2.45) is 0 Å². The van der Waals surface area contributed by atoms with Crippen molar-refractivity contribution in [1.29, 1.82) is 5.26 Å². The molecule has 0 aromatic heterocycles. The molecule has 1 aliphatic rings. The fourth-order valence-electron chi connectivity index (χ4n) is 2.57. The lowest BCUT2D eigenvalue weighted by Crippen LogP contribution is -2.42. The molecule has 21 heavy (non-hydrogen) atoms. The molecule has 1 aromatic carbocycles. The number of nitrogens with one attached hydrogen (secondary N) is 1. The van der Waals surface area contributed by atoms with Gasteiger partial charge >= 0.3 is 0 Å². The van der Waals surface area contributed by atoms with Gasteiger partial charge in [-0.25, -0.2) is 0 Å². The molecule has 0 spiro atoms. The zero-order chi connectivity index (χ0) is 15.2. The van der Waals surface area contributed by atoms with Gasteiger partial charge in [0.1, 0.15) is 6.07 Å². The second-order valence-electron chi connectivity index (χ2n) is 5.85. The maximum Gasteiger partial charge on any atom is 0.101 e. The fraction of sp³-hybridized carbons (Fsp3) is 0.588. The molecule has 4 heteroatoms. The first-order valence-corrected chi connectivity index (χ1v) is 7.77. The zero-order valence-electron chi connectivity index (χ0n) is 13.2. The minimum atomic E-state index is 0.271. The number of ether oxygens (including phenoxy) is 1. The Morgan fingerprint density at radius 2 is 2.29 bits per heavy atom. The lowest BCUT2D eigenvalue weighted by Gasteiger charge is -2.34. The quantitative estimate of drug-likeness (QED) is 0.904. The number of benzene rings is 1. The van der Waals surface area contributed by atoms with Gasteiger partial charge in [-0.3, -0.25) is 0 Å². The minimum absolute atomic E-state index is 0.271. The molecule has 0 amide bonds. The Kier molecular flexibility index (Phi) is 5.60. The number of anilines is 1. The van der Waals surface area contributed by atoms with Crippen LogP contribution < -0.4 is 10.2 Å². The highest BCUT2D eigenvalue weighted by atomic mass is 16.5. The number of hydrogen-bond acceptors (Lipinski definition) is 4. The molecule has 1 aliphatic heterocycles. The van der Waals surface area contributed by atoms with Crippen LogP contribution in [0.3, 0.4) is 0 Å². The summed E-state index contributed by atoms with van der Waals surface area (Å²) in [6.45, 7) is 9.65. The van der Waals surface area contributed by atoms with E-state index in [-0.39, 0.29) is 6.10 Å². The molecule has 1 fully saturated rings. The molecule has 0 aliphatic carbocycles. The summed E-state index contributed by atoms with van der Waals surface area (Å²) in [5, 5.41) is 12.8. The van der Waals surface area contributed by atoms with Crippen LogP contribution in [-0.4, -0.2) is 31.8 Å². The number of rotatable bonds is 5. The molecule has 1 unspecified atom stereocenters. The Morgan fingerprint density at radius 1 is 1.48 bits per heavy atom. The van der Waals surface area contributed by atoms with Crippen molar-refractivity contribution in [1.82, 2.24) is 5.32 Å². The van der Waals surface area contributed by atoms with Crippen LogP contribution >= 0.6 is 0 Å². The van der Waals surface area contributed by atoms with Gasteiger partial charge in [-0.2, -0.15) is 5.26 Å². The molecule has 1 saturated heterocycles. The van der Waals surface area contributed by atoms with E-state index in [2.05, 4.69) is 49.2 Å². The Bertz CT molecular complexity index is 507. The van der Waals surface area contributed by atoms with Crippen LogP contribution in [0.25, 0.3) is 0 Å². The Morgan fingerprint density at radius 3 is 2.95 bits per heavy atom. The van der Waals surface area contributed by atoms with Gasteiger partial charge in [-0.05, 0) is 24.1 Å². The van der Waals surface area contributed by atoms with E-state index in [1.165, 1.54) is 0 Å². The molecular formula is C17H25N3O. The summed E-state index contributed by atoms with van der Waals surface area (Å²) >= 11 is 0. The highest BCUT2D eigenvalue weighted by Crippen LogP contribution is 2.24. The highest BCUT2D eigenvalue weighted by Gasteiger charge is 2.21. The third kappa shape index (κ3) is 4.20. The third-order valence-corrected chi connectivity index (χ3v) is 3.83. The largest absolute Gasteiger partial charge is 0.375 e. The van der Waals surface area contributed by atoms with Crippen LogP contribution in [0.4, 0.5) is 5.69 Å². The SMILES string of the molecule is CCC1CN(c2ccc(CNC(C)C)cc2C#N)CCO1. The van der Waals surface area contributed by atoms with E-state index < -0.39 is 0 Å². The van der Waals surface area contributed by atoms with Gasteiger partial charge in [-0.1, -0.05) is 26.8 Å². The summed E-state index contributed by atoms with van der Waals surface area (Å²) in [6, 6.07) is 8.98. The van der Waals surface area contributed by atoms with E-state index in [0.717, 1.165) is 49.5 Å². The molecule has 114 valence electrons. The maximum atomic E-state index is 9.45. The number of nitrogens with zero attached hydrogens (tertiary/aromatic N) is 2. The summed E-state index contributed by atoms with van der Waals surface area (Å²) in [5.74, 6) is 0. The molecule has 2 rings (SSSR count). The van der Waals surface area contributed by atoms with Gasteiger partial charge in [-0.15, -0.1) is 0 Å². The first-order chi connectivity index (χ1) is 10.1. The third-order valence-electron chi connectivity index (χ3n) is 3.83. The van der Waals surface area contributed by atoms with Gasteiger partial charge in [0.2, 0.25) is 0 Å². The van der Waals surface area contributed by atoms with Crippen LogP contribution in [0.15, 0.2) is 18.2 Å². The molecule has 1 heterocycles. The minimum Gasteiger partial charge on any atom is -0.375 e. The summed E-state index contributed by atoms with van der Waals surface area (Å²) in [7, 11) is 0. The molecule has 1 atom stereocenters. The van der Waals surface area contributed by atoms with E-state index >= 15 is 0 Å². The topological polar surface area (TPSA) is 48.3 Å². The lowest BCUT2D eigenvalue weighted by atomic mass is 10.1. The summed E-state index contributed by atoms with van der Waals surface area (Å²) < 4.78 is 5.71.